The summed E-state index contributed by atoms with van der Waals surface area (Å²) < 4.78 is 25.4. The van der Waals surface area contributed by atoms with Gasteiger partial charge in [-0.3, -0.25) is 0 Å². The van der Waals surface area contributed by atoms with Gasteiger partial charge in [-0.2, -0.15) is 0 Å². The molecular formula is C9H20N2O2S. The van der Waals surface area contributed by atoms with E-state index in [1.165, 1.54) is 0 Å². The first-order chi connectivity index (χ1) is 6.47. The zero-order valence-electron chi connectivity index (χ0n) is 8.97. The first-order valence-corrected chi connectivity index (χ1v) is 6.85. The van der Waals surface area contributed by atoms with Crippen molar-refractivity contribution in [2.75, 3.05) is 18.8 Å². The predicted molar refractivity (Wildman–Crippen MR) is 57.7 cm³/mol. The lowest BCUT2D eigenvalue weighted by Gasteiger charge is -2.24. The molecule has 4 nitrogen and oxygen atoms in total. The minimum absolute atomic E-state index is 0.0409. The maximum atomic E-state index is 11.4. The molecule has 1 aliphatic rings. The summed E-state index contributed by atoms with van der Waals surface area (Å²) in [7, 11) is -3.05. The normalized spacial score (nSPS) is 28.1. The van der Waals surface area contributed by atoms with E-state index in [1.54, 1.807) is 0 Å². The Balaban J connectivity index is 2.39. The summed E-state index contributed by atoms with van der Waals surface area (Å²) in [6, 6.07) is 0. The van der Waals surface area contributed by atoms with Gasteiger partial charge in [0.1, 0.15) is 0 Å². The average molecular weight is 220 g/mol. The predicted octanol–water partition coefficient (Wildman–Crippen LogP) is 0.458. The van der Waals surface area contributed by atoms with Crippen molar-refractivity contribution in [3.63, 3.8) is 0 Å². The number of hydrogen-bond donors (Lipinski definition) is 2. The van der Waals surface area contributed by atoms with Crippen LogP contribution < -0.4 is 10.0 Å². The smallest absolute Gasteiger partial charge is 0.211 e. The minimum Gasteiger partial charge on any atom is -0.310 e. The zero-order valence-corrected chi connectivity index (χ0v) is 9.78. The van der Waals surface area contributed by atoms with Gasteiger partial charge in [0.05, 0.1) is 5.75 Å². The van der Waals surface area contributed by atoms with E-state index < -0.39 is 10.0 Å². The van der Waals surface area contributed by atoms with Crippen LogP contribution in [0, 0.1) is 0 Å². The number of sulfonamides is 1. The fraction of sp³-hybridized carbons (Fsp3) is 1.00. The van der Waals surface area contributed by atoms with Crippen LogP contribution in [0.15, 0.2) is 0 Å². The van der Waals surface area contributed by atoms with Crippen LogP contribution in [0.3, 0.4) is 0 Å². The van der Waals surface area contributed by atoms with Crippen LogP contribution in [0.5, 0.6) is 0 Å². The second kappa shape index (κ2) is 4.59. The lowest BCUT2D eigenvalue weighted by atomic mass is 10.0. The van der Waals surface area contributed by atoms with Gasteiger partial charge < -0.3 is 5.32 Å². The maximum absolute atomic E-state index is 11.4. The van der Waals surface area contributed by atoms with E-state index in [0.717, 1.165) is 19.4 Å². The lowest BCUT2D eigenvalue weighted by molar-refractivity contribution is 0.409. The number of hydrogen-bond acceptors (Lipinski definition) is 3. The van der Waals surface area contributed by atoms with Crippen molar-refractivity contribution in [3.8, 4) is 0 Å². The van der Waals surface area contributed by atoms with Gasteiger partial charge in [0, 0.05) is 12.1 Å². The molecule has 1 saturated heterocycles. The fourth-order valence-electron chi connectivity index (χ4n) is 1.72. The largest absolute Gasteiger partial charge is 0.310 e. The number of rotatable bonds is 5. The molecule has 14 heavy (non-hydrogen) atoms. The van der Waals surface area contributed by atoms with Crippen molar-refractivity contribution < 1.29 is 8.42 Å². The molecule has 0 aromatic carbocycles. The Morgan fingerprint density at radius 2 is 2.21 bits per heavy atom. The van der Waals surface area contributed by atoms with Crippen LogP contribution in [0.4, 0.5) is 0 Å². The molecule has 1 heterocycles. The molecule has 5 heteroatoms. The molecule has 0 saturated carbocycles. The van der Waals surface area contributed by atoms with Crippen LogP contribution in [0.2, 0.25) is 0 Å². The summed E-state index contributed by atoms with van der Waals surface area (Å²) in [6.07, 6.45) is 2.84. The Hall–Kier alpha value is -0.130. The first-order valence-electron chi connectivity index (χ1n) is 5.20. The van der Waals surface area contributed by atoms with Gasteiger partial charge >= 0.3 is 0 Å². The molecule has 0 aromatic heterocycles. The van der Waals surface area contributed by atoms with Crippen LogP contribution in [0.1, 0.15) is 33.1 Å². The SMILES string of the molecule is CCCS(=O)(=O)NCC1(C)CCCN1. The topological polar surface area (TPSA) is 58.2 Å². The fourth-order valence-corrected chi connectivity index (χ4v) is 2.94. The molecule has 1 fully saturated rings. The van der Waals surface area contributed by atoms with Crippen LogP contribution in [-0.4, -0.2) is 32.8 Å². The summed E-state index contributed by atoms with van der Waals surface area (Å²) in [5, 5.41) is 3.32. The summed E-state index contributed by atoms with van der Waals surface area (Å²) >= 11 is 0. The highest BCUT2D eigenvalue weighted by molar-refractivity contribution is 7.89. The third kappa shape index (κ3) is 3.55. The van der Waals surface area contributed by atoms with Gasteiger partial charge in [-0.05, 0) is 32.7 Å². The molecule has 2 N–H and O–H groups in total. The van der Waals surface area contributed by atoms with Crippen molar-refractivity contribution in [3.05, 3.63) is 0 Å². The van der Waals surface area contributed by atoms with Crippen LogP contribution in [-0.2, 0) is 10.0 Å². The molecule has 0 aromatic rings. The Kier molecular flexibility index (Phi) is 3.92. The van der Waals surface area contributed by atoms with Crippen LogP contribution >= 0.6 is 0 Å². The zero-order chi connectivity index (χ0) is 10.7. The summed E-state index contributed by atoms with van der Waals surface area (Å²) in [6.45, 7) is 5.44. The molecule has 0 amide bonds. The second-order valence-electron chi connectivity index (χ2n) is 4.23. The van der Waals surface area contributed by atoms with Crippen molar-refractivity contribution in [1.82, 2.24) is 10.0 Å². The highest BCUT2D eigenvalue weighted by Crippen LogP contribution is 2.17. The molecule has 84 valence electrons. The summed E-state index contributed by atoms with van der Waals surface area (Å²) in [5.74, 6) is 0.225. The van der Waals surface area contributed by atoms with E-state index in [0.29, 0.717) is 13.0 Å². The average Bonchev–Trinajstić information content (AvgIpc) is 2.50. The highest BCUT2D eigenvalue weighted by Gasteiger charge is 2.28. The van der Waals surface area contributed by atoms with Crippen molar-refractivity contribution >= 4 is 10.0 Å². The van der Waals surface area contributed by atoms with E-state index >= 15 is 0 Å². The highest BCUT2D eigenvalue weighted by atomic mass is 32.2. The van der Waals surface area contributed by atoms with Gasteiger partial charge in [0.15, 0.2) is 0 Å². The Labute approximate surface area is 86.5 Å². The molecule has 1 unspecified atom stereocenters. The van der Waals surface area contributed by atoms with Gasteiger partial charge in [0.2, 0.25) is 10.0 Å². The van der Waals surface area contributed by atoms with E-state index in [-0.39, 0.29) is 11.3 Å². The summed E-state index contributed by atoms with van der Waals surface area (Å²) in [5.41, 5.74) is -0.0409. The van der Waals surface area contributed by atoms with E-state index in [4.69, 9.17) is 0 Å². The van der Waals surface area contributed by atoms with Gasteiger partial charge in [0.25, 0.3) is 0 Å². The van der Waals surface area contributed by atoms with Crippen molar-refractivity contribution in [1.29, 1.82) is 0 Å². The second-order valence-corrected chi connectivity index (χ2v) is 6.16. The Morgan fingerprint density at radius 1 is 1.50 bits per heavy atom. The molecule has 1 rings (SSSR count). The molecule has 1 aliphatic heterocycles. The lowest BCUT2D eigenvalue weighted by Crippen LogP contribution is -2.47. The van der Waals surface area contributed by atoms with Crippen LogP contribution in [0.25, 0.3) is 0 Å². The van der Waals surface area contributed by atoms with Gasteiger partial charge in [-0.25, -0.2) is 13.1 Å². The van der Waals surface area contributed by atoms with Crippen molar-refractivity contribution in [2.45, 2.75) is 38.6 Å². The molecule has 0 aliphatic carbocycles. The van der Waals surface area contributed by atoms with Gasteiger partial charge in [-0.1, -0.05) is 6.92 Å². The Bertz CT molecular complexity index is 269. The molecular weight excluding hydrogens is 200 g/mol. The first kappa shape index (κ1) is 11.9. The molecule has 1 atom stereocenters. The number of nitrogens with one attached hydrogen (secondary N) is 2. The van der Waals surface area contributed by atoms with E-state index in [9.17, 15) is 8.42 Å². The molecule has 0 spiro atoms. The minimum atomic E-state index is -3.05. The van der Waals surface area contributed by atoms with E-state index in [1.807, 2.05) is 6.92 Å². The third-order valence-electron chi connectivity index (χ3n) is 2.61. The maximum Gasteiger partial charge on any atom is 0.211 e. The molecule has 0 bridgehead atoms. The van der Waals surface area contributed by atoms with Gasteiger partial charge in [-0.15, -0.1) is 0 Å². The quantitative estimate of drug-likeness (QED) is 0.707. The van der Waals surface area contributed by atoms with Crippen molar-refractivity contribution in [2.24, 2.45) is 0 Å². The van der Waals surface area contributed by atoms with E-state index in [2.05, 4.69) is 17.0 Å². The third-order valence-corrected chi connectivity index (χ3v) is 4.14. The standard InChI is InChI=1S/C9H20N2O2S/c1-3-7-14(12,13)11-8-9(2)5-4-6-10-9/h10-11H,3-8H2,1-2H3. The summed E-state index contributed by atoms with van der Waals surface area (Å²) in [4.78, 5) is 0. The monoisotopic (exact) mass is 220 g/mol. The molecule has 0 radical (unpaired) electrons. The Morgan fingerprint density at radius 3 is 2.71 bits per heavy atom.